The van der Waals surface area contributed by atoms with Crippen molar-refractivity contribution in [2.45, 2.75) is 26.4 Å². The Morgan fingerprint density at radius 3 is 1.00 bits per heavy atom. The Balaban J connectivity index is -0.0000000750. The molecule has 0 fully saturated rings. The molecule has 8 heavy (non-hydrogen) atoms. The Morgan fingerprint density at radius 2 is 1.00 bits per heavy atom. The fraction of sp³-hybridized carbons (Fsp3) is 1.00. The molecule has 2 N–H and O–H groups in total. The topological polar surface area (TPSA) is 40.5 Å². The van der Waals surface area contributed by atoms with Crippen molar-refractivity contribution in [3.05, 3.63) is 0 Å². The van der Waals surface area contributed by atoms with Gasteiger partial charge < -0.3 is 10.2 Å². The number of aliphatic hydroxyl groups excluding tert-OH is 1. The van der Waals surface area contributed by atoms with E-state index in [-0.39, 0.29) is 51.4 Å². The molecular weight excluding hydrogens is 131 g/mol. The molecule has 0 aromatic carbocycles. The first kappa shape index (κ1) is 16.3. The zero-order valence-electron chi connectivity index (χ0n) is 5.39. The van der Waals surface area contributed by atoms with E-state index < -0.39 is 5.60 Å². The molecule has 2 nitrogen and oxygen atoms in total. The Bertz CT molecular complexity index is 25.9. The van der Waals surface area contributed by atoms with Gasteiger partial charge in [0.2, 0.25) is 0 Å². The van der Waals surface area contributed by atoms with Crippen molar-refractivity contribution in [1.82, 2.24) is 0 Å². The number of rotatable bonds is 0. The van der Waals surface area contributed by atoms with Crippen molar-refractivity contribution in [2.24, 2.45) is 0 Å². The quantitative estimate of drug-likeness (QED) is 0.462. The summed E-state index contributed by atoms with van der Waals surface area (Å²) in [5, 5.41) is 15.5. The third-order valence-electron chi connectivity index (χ3n) is 0. The summed E-state index contributed by atoms with van der Waals surface area (Å²) >= 11 is 0. The van der Waals surface area contributed by atoms with Crippen molar-refractivity contribution < 1.29 is 10.2 Å². The molecule has 0 atom stereocenters. The second-order valence-electron chi connectivity index (χ2n) is 2.17. The summed E-state index contributed by atoms with van der Waals surface area (Å²) in [5.74, 6) is 0. The molecule has 0 saturated carbocycles. The van der Waals surface area contributed by atoms with Crippen molar-refractivity contribution in [2.75, 3.05) is 7.11 Å². The summed E-state index contributed by atoms with van der Waals surface area (Å²) in [6, 6.07) is 0. The first-order valence-electron chi connectivity index (χ1n) is 2.17. The van der Waals surface area contributed by atoms with E-state index in [1.807, 2.05) is 0 Å². The molecule has 3 heteroatoms. The molecule has 0 bridgehead atoms. The Morgan fingerprint density at radius 1 is 1.00 bits per heavy atom. The van der Waals surface area contributed by atoms with Gasteiger partial charge in [0.1, 0.15) is 0 Å². The van der Waals surface area contributed by atoms with Crippen molar-refractivity contribution in [3.8, 4) is 0 Å². The maximum atomic E-state index is 8.52. The molecule has 0 aliphatic heterocycles. The minimum absolute atomic E-state index is 0. The van der Waals surface area contributed by atoms with Gasteiger partial charge in [0, 0.05) is 7.11 Å². The Kier molecular flexibility index (Phi) is 17.4. The van der Waals surface area contributed by atoms with Gasteiger partial charge in [-0.15, -0.1) is 0 Å². The van der Waals surface area contributed by atoms with Crippen LogP contribution < -0.4 is 0 Å². The van der Waals surface area contributed by atoms with Crippen LogP contribution in [0.15, 0.2) is 0 Å². The van der Waals surface area contributed by atoms with Crippen LogP contribution in [0.5, 0.6) is 0 Å². The van der Waals surface area contributed by atoms with Crippen molar-refractivity contribution >= 4 is 51.4 Å². The van der Waals surface area contributed by atoms with Crippen LogP contribution in [0.25, 0.3) is 0 Å². The van der Waals surface area contributed by atoms with Crippen LogP contribution >= 0.6 is 0 Å². The summed E-state index contributed by atoms with van der Waals surface area (Å²) in [5.41, 5.74) is -0.500. The zero-order chi connectivity index (χ0) is 6.50. The fourth-order valence-electron chi connectivity index (χ4n) is 0. The van der Waals surface area contributed by atoms with Gasteiger partial charge >= 0.3 is 51.4 Å². The van der Waals surface area contributed by atoms with E-state index in [0.29, 0.717) is 0 Å². The zero-order valence-corrected chi connectivity index (χ0v) is 5.39. The van der Waals surface area contributed by atoms with E-state index in [4.69, 9.17) is 10.2 Å². The van der Waals surface area contributed by atoms with Crippen LogP contribution in [0.2, 0.25) is 0 Å². The molecule has 0 aliphatic carbocycles. The van der Waals surface area contributed by atoms with Gasteiger partial charge in [0.05, 0.1) is 5.60 Å². The average Bonchev–Trinajstić information content (AvgIpc) is 1.36. The minimum atomic E-state index is -0.500. The predicted molar refractivity (Wildman–Crippen MR) is 37.3 cm³/mol. The molecule has 0 aromatic heterocycles. The third kappa shape index (κ3) is 134. The van der Waals surface area contributed by atoms with Gasteiger partial charge in [-0.2, -0.15) is 0 Å². The molecule has 0 aliphatic rings. The average molecular weight is 146 g/mol. The number of hydrogen-bond donors (Lipinski definition) is 2. The van der Waals surface area contributed by atoms with Gasteiger partial charge in [-0.25, -0.2) is 0 Å². The van der Waals surface area contributed by atoms with E-state index in [1.165, 1.54) is 0 Å². The van der Waals surface area contributed by atoms with E-state index >= 15 is 0 Å². The summed E-state index contributed by atoms with van der Waals surface area (Å²) in [7, 11) is 1.00. The van der Waals surface area contributed by atoms with Gasteiger partial charge in [0.25, 0.3) is 0 Å². The van der Waals surface area contributed by atoms with E-state index in [2.05, 4.69) is 0 Å². The summed E-state index contributed by atoms with van der Waals surface area (Å²) < 4.78 is 0. The van der Waals surface area contributed by atoms with E-state index in [1.54, 1.807) is 20.8 Å². The van der Waals surface area contributed by atoms with Crippen LogP contribution in [0.3, 0.4) is 0 Å². The van der Waals surface area contributed by atoms with E-state index in [0.717, 1.165) is 7.11 Å². The molecule has 0 unspecified atom stereocenters. The summed E-state index contributed by atoms with van der Waals surface area (Å²) in [6.45, 7) is 5.23. The Labute approximate surface area is 93.7 Å². The van der Waals surface area contributed by atoms with Crippen molar-refractivity contribution in [1.29, 1.82) is 0 Å². The third-order valence-corrected chi connectivity index (χ3v) is 0. The molecule has 0 aromatic rings. The van der Waals surface area contributed by atoms with Crippen molar-refractivity contribution in [3.63, 3.8) is 0 Å². The maximum absolute atomic E-state index is 8.52. The summed E-state index contributed by atoms with van der Waals surface area (Å²) in [6.07, 6.45) is 0. The van der Waals surface area contributed by atoms with Crippen LogP contribution in [-0.4, -0.2) is 74.3 Å². The summed E-state index contributed by atoms with van der Waals surface area (Å²) in [4.78, 5) is 0. The second kappa shape index (κ2) is 8.56. The molecule has 0 heterocycles. The number of hydrogen-bond acceptors (Lipinski definition) is 2. The molecule has 0 radical (unpaired) electrons. The van der Waals surface area contributed by atoms with Gasteiger partial charge in [-0.1, -0.05) is 0 Å². The normalized spacial score (nSPS) is 8.25. The Hall–Kier alpha value is 1.56. The van der Waals surface area contributed by atoms with Crippen LogP contribution in [0, 0.1) is 0 Å². The first-order valence-corrected chi connectivity index (χ1v) is 2.17. The van der Waals surface area contributed by atoms with Gasteiger partial charge in [-0.3, -0.25) is 0 Å². The first-order chi connectivity index (χ1) is 3.00. The van der Waals surface area contributed by atoms with Crippen LogP contribution in [0.4, 0.5) is 0 Å². The molecule has 0 spiro atoms. The monoisotopic (exact) mass is 146 g/mol. The molecular formula is C5H15KO2. The SMILES string of the molecule is CC(C)(C)O.CO.[KH]. The standard InChI is InChI=1S/C4H10O.CH4O.K.H/c1-4(2,3)5;1-2;;/h5H,1-3H3;2H,1H3;;. The molecule has 0 rings (SSSR count). The predicted octanol–water partition coefficient (Wildman–Crippen LogP) is -0.263. The van der Waals surface area contributed by atoms with E-state index in [9.17, 15) is 0 Å². The van der Waals surface area contributed by atoms with Gasteiger partial charge in [0.15, 0.2) is 0 Å². The molecule has 48 valence electrons. The molecule has 0 saturated heterocycles. The van der Waals surface area contributed by atoms with Gasteiger partial charge in [-0.05, 0) is 20.8 Å². The fourth-order valence-corrected chi connectivity index (χ4v) is 0. The molecule has 0 amide bonds. The number of aliphatic hydroxyl groups is 2. The van der Waals surface area contributed by atoms with Crippen LogP contribution in [-0.2, 0) is 0 Å². The second-order valence-corrected chi connectivity index (χ2v) is 2.17. The van der Waals surface area contributed by atoms with Crippen LogP contribution in [0.1, 0.15) is 20.8 Å².